The lowest BCUT2D eigenvalue weighted by Gasteiger charge is -2.16. The molecule has 0 radical (unpaired) electrons. The Kier molecular flexibility index (Phi) is 2.81. The molecule has 0 aromatic carbocycles. The average molecular weight is 174 g/mol. The minimum Gasteiger partial charge on any atom is -0.760 e. The summed E-state index contributed by atoms with van der Waals surface area (Å²) in [7, 11) is 1.48. The van der Waals surface area contributed by atoms with Crippen molar-refractivity contribution in [3.63, 3.8) is 0 Å². The Morgan fingerprint density at radius 3 is 3.00 bits per heavy atom. The van der Waals surface area contributed by atoms with Crippen LogP contribution in [-0.2, 0) is 17.8 Å². The van der Waals surface area contributed by atoms with Crippen LogP contribution in [0.15, 0.2) is 22.8 Å². The lowest BCUT2D eigenvalue weighted by atomic mass is 10.4. The molecule has 1 heterocycles. The first kappa shape index (κ1) is 8.45. The summed E-state index contributed by atoms with van der Waals surface area (Å²) in [6.45, 7) is 0.281. The Labute approximate surface area is 67.2 Å². The Bertz CT molecular complexity index is 234. The van der Waals surface area contributed by atoms with E-state index in [-0.39, 0.29) is 6.54 Å². The van der Waals surface area contributed by atoms with Gasteiger partial charge in [0.25, 0.3) is 0 Å². The smallest absolute Gasteiger partial charge is 0.118 e. The largest absolute Gasteiger partial charge is 0.760 e. The van der Waals surface area contributed by atoms with E-state index < -0.39 is 11.3 Å². The molecule has 0 bridgehead atoms. The summed E-state index contributed by atoms with van der Waals surface area (Å²) >= 11 is -2.17. The first-order valence-electron chi connectivity index (χ1n) is 3.03. The van der Waals surface area contributed by atoms with E-state index in [1.165, 1.54) is 13.3 Å². The van der Waals surface area contributed by atoms with E-state index in [2.05, 4.69) is 0 Å². The number of hydrogen-bond acceptors (Lipinski definition) is 3. The minimum atomic E-state index is -2.17. The second-order valence-electron chi connectivity index (χ2n) is 2.08. The van der Waals surface area contributed by atoms with Crippen LogP contribution < -0.4 is 0 Å². The SMILES string of the molecule is CN(Cc1ccco1)S(=O)[O-]. The van der Waals surface area contributed by atoms with Crippen molar-refractivity contribution in [2.45, 2.75) is 6.54 Å². The molecule has 0 spiro atoms. The van der Waals surface area contributed by atoms with Gasteiger partial charge < -0.3 is 8.97 Å². The quantitative estimate of drug-likeness (QED) is 0.627. The van der Waals surface area contributed by atoms with Gasteiger partial charge in [-0.3, -0.25) is 4.21 Å². The third kappa shape index (κ3) is 2.45. The number of hydrogen-bond donors (Lipinski definition) is 0. The highest BCUT2D eigenvalue weighted by molar-refractivity contribution is 7.76. The second kappa shape index (κ2) is 3.66. The van der Waals surface area contributed by atoms with E-state index in [1.807, 2.05) is 0 Å². The van der Waals surface area contributed by atoms with Crippen LogP contribution in [0.25, 0.3) is 0 Å². The van der Waals surface area contributed by atoms with Gasteiger partial charge in [-0.05, 0) is 19.2 Å². The normalized spacial score (nSPS) is 13.7. The molecular formula is C6H8NO3S-. The third-order valence-corrected chi connectivity index (χ3v) is 1.85. The molecule has 0 saturated heterocycles. The van der Waals surface area contributed by atoms with Crippen molar-refractivity contribution < 1.29 is 13.2 Å². The van der Waals surface area contributed by atoms with Crippen molar-refractivity contribution in [3.8, 4) is 0 Å². The summed E-state index contributed by atoms with van der Waals surface area (Å²) in [4.78, 5) is 0. The van der Waals surface area contributed by atoms with Crippen molar-refractivity contribution in [1.29, 1.82) is 0 Å². The van der Waals surface area contributed by atoms with Crippen LogP contribution in [0.3, 0.4) is 0 Å². The van der Waals surface area contributed by atoms with Crippen LogP contribution in [0.5, 0.6) is 0 Å². The summed E-state index contributed by atoms with van der Waals surface area (Å²) in [5.41, 5.74) is 0. The highest BCUT2D eigenvalue weighted by atomic mass is 32.2. The van der Waals surface area contributed by atoms with Gasteiger partial charge in [-0.25, -0.2) is 4.31 Å². The van der Waals surface area contributed by atoms with Crippen LogP contribution in [0.1, 0.15) is 5.76 Å². The first-order valence-corrected chi connectivity index (χ1v) is 4.06. The van der Waals surface area contributed by atoms with E-state index >= 15 is 0 Å². The van der Waals surface area contributed by atoms with Gasteiger partial charge in [0.05, 0.1) is 12.8 Å². The van der Waals surface area contributed by atoms with E-state index in [4.69, 9.17) is 4.42 Å². The van der Waals surface area contributed by atoms with Gasteiger partial charge in [-0.15, -0.1) is 0 Å². The zero-order chi connectivity index (χ0) is 8.27. The maximum Gasteiger partial charge on any atom is 0.118 e. The van der Waals surface area contributed by atoms with Crippen LogP contribution in [-0.4, -0.2) is 20.1 Å². The maximum absolute atomic E-state index is 10.3. The summed E-state index contributed by atoms with van der Waals surface area (Å²) in [5.74, 6) is 0.636. The molecule has 1 atom stereocenters. The highest BCUT2D eigenvalue weighted by Crippen LogP contribution is 2.03. The van der Waals surface area contributed by atoms with E-state index in [0.717, 1.165) is 4.31 Å². The molecule has 0 aliphatic carbocycles. The molecule has 1 aromatic rings. The predicted molar refractivity (Wildman–Crippen MR) is 39.1 cm³/mol. The molecule has 0 N–H and O–H groups in total. The van der Waals surface area contributed by atoms with Crippen molar-refractivity contribution >= 4 is 11.3 Å². The standard InChI is InChI=1S/C6H9NO3S/c1-7(11(8)9)5-6-3-2-4-10-6/h2-4H,5H2,1H3,(H,8,9)/p-1. The van der Waals surface area contributed by atoms with Gasteiger partial charge in [-0.1, -0.05) is 0 Å². The molecular weight excluding hydrogens is 166 g/mol. The summed E-state index contributed by atoms with van der Waals surface area (Å²) in [5, 5.41) is 0. The molecule has 0 saturated carbocycles. The van der Waals surface area contributed by atoms with Gasteiger partial charge >= 0.3 is 0 Å². The van der Waals surface area contributed by atoms with Gasteiger partial charge in [-0.2, -0.15) is 0 Å². The molecule has 0 aliphatic heterocycles. The van der Waals surface area contributed by atoms with Crippen LogP contribution in [0.2, 0.25) is 0 Å². The molecule has 0 amide bonds. The monoisotopic (exact) mass is 174 g/mol. The summed E-state index contributed by atoms with van der Waals surface area (Å²) < 4.78 is 26.7. The van der Waals surface area contributed by atoms with Crippen LogP contribution in [0.4, 0.5) is 0 Å². The molecule has 5 heteroatoms. The Balaban J connectivity index is 2.50. The lowest BCUT2D eigenvalue weighted by molar-refractivity contribution is 0.389. The fraction of sp³-hybridized carbons (Fsp3) is 0.333. The van der Waals surface area contributed by atoms with Gasteiger partial charge in [0.2, 0.25) is 0 Å². The molecule has 11 heavy (non-hydrogen) atoms. The van der Waals surface area contributed by atoms with Crippen molar-refractivity contribution in [2.75, 3.05) is 7.05 Å². The number of rotatable bonds is 3. The Morgan fingerprint density at radius 1 is 1.82 bits per heavy atom. The maximum atomic E-state index is 10.3. The minimum absolute atomic E-state index is 0.281. The van der Waals surface area contributed by atoms with Crippen molar-refractivity contribution in [2.24, 2.45) is 0 Å². The van der Waals surface area contributed by atoms with E-state index in [9.17, 15) is 8.76 Å². The van der Waals surface area contributed by atoms with Gasteiger partial charge in [0.1, 0.15) is 5.76 Å². The molecule has 0 fully saturated rings. The fourth-order valence-electron chi connectivity index (χ4n) is 0.675. The van der Waals surface area contributed by atoms with Crippen molar-refractivity contribution in [1.82, 2.24) is 4.31 Å². The molecule has 1 unspecified atom stereocenters. The molecule has 4 nitrogen and oxygen atoms in total. The summed E-state index contributed by atoms with van der Waals surface area (Å²) in [6.07, 6.45) is 1.51. The molecule has 62 valence electrons. The molecule has 1 rings (SSSR count). The summed E-state index contributed by atoms with van der Waals surface area (Å²) in [6, 6.07) is 3.44. The zero-order valence-electron chi connectivity index (χ0n) is 6.02. The number of furan rings is 1. The first-order chi connectivity index (χ1) is 5.20. The highest BCUT2D eigenvalue weighted by Gasteiger charge is 2.00. The Hall–Kier alpha value is -0.650. The van der Waals surface area contributed by atoms with Crippen LogP contribution in [0, 0.1) is 0 Å². The van der Waals surface area contributed by atoms with Gasteiger partial charge in [0.15, 0.2) is 0 Å². The molecule has 1 aromatic heterocycles. The fourth-order valence-corrected chi connectivity index (χ4v) is 0.907. The second-order valence-corrected chi connectivity index (χ2v) is 3.14. The van der Waals surface area contributed by atoms with Crippen molar-refractivity contribution in [3.05, 3.63) is 24.2 Å². The van der Waals surface area contributed by atoms with E-state index in [1.54, 1.807) is 12.1 Å². The van der Waals surface area contributed by atoms with E-state index in [0.29, 0.717) is 5.76 Å². The predicted octanol–water partition coefficient (Wildman–Crippen LogP) is 0.506. The molecule has 0 aliphatic rings. The van der Waals surface area contributed by atoms with Crippen LogP contribution >= 0.6 is 0 Å². The lowest BCUT2D eigenvalue weighted by Crippen LogP contribution is -2.19. The Morgan fingerprint density at radius 2 is 2.55 bits per heavy atom. The topological polar surface area (TPSA) is 56.5 Å². The number of nitrogens with zero attached hydrogens (tertiary/aromatic N) is 1. The average Bonchev–Trinajstić information content (AvgIpc) is 2.39. The zero-order valence-corrected chi connectivity index (χ0v) is 6.84. The van der Waals surface area contributed by atoms with Gasteiger partial charge in [0, 0.05) is 11.3 Å². The third-order valence-electron chi connectivity index (χ3n) is 1.21.